The maximum Gasteiger partial charge on any atom is 0.278 e. The Kier molecular flexibility index (Phi) is 5.31. The predicted molar refractivity (Wildman–Crippen MR) is 106 cm³/mol. The zero-order chi connectivity index (χ0) is 19.6. The Labute approximate surface area is 159 Å². The lowest BCUT2D eigenvalue weighted by Crippen LogP contribution is -2.33. The fourth-order valence-electron chi connectivity index (χ4n) is 3.15. The number of hydrogen-bond donors (Lipinski definition) is 1. The van der Waals surface area contributed by atoms with E-state index in [1.165, 1.54) is 4.90 Å². The molecule has 0 saturated carbocycles. The van der Waals surface area contributed by atoms with Crippen molar-refractivity contribution in [1.82, 2.24) is 4.90 Å². The number of nitrogens with one attached hydrogen (secondary N) is 1. The number of carbonyl (C=O) groups is 2. The Morgan fingerprint density at radius 1 is 1.00 bits per heavy atom. The molecule has 5 nitrogen and oxygen atoms in total. The van der Waals surface area contributed by atoms with Crippen LogP contribution in [0.3, 0.4) is 0 Å². The number of amides is 2. The maximum atomic E-state index is 13.0. The van der Waals surface area contributed by atoms with Gasteiger partial charge >= 0.3 is 0 Å². The van der Waals surface area contributed by atoms with E-state index >= 15 is 0 Å². The standard InChI is InChI=1S/C22H24N2O3/c1-5-12-24-21(25)19(16-8-10-17(27-4)11-9-16)20(22(24)26)23-18-13-14(2)6-7-15(18)3/h6-11,13,23H,5,12H2,1-4H3. The van der Waals surface area contributed by atoms with Gasteiger partial charge in [-0.3, -0.25) is 14.5 Å². The molecule has 2 amide bonds. The molecule has 0 aromatic heterocycles. The molecule has 0 atom stereocenters. The Morgan fingerprint density at radius 3 is 2.33 bits per heavy atom. The van der Waals surface area contributed by atoms with Gasteiger partial charge in [0, 0.05) is 12.2 Å². The van der Waals surface area contributed by atoms with Crippen LogP contribution in [0.25, 0.3) is 5.57 Å². The predicted octanol–water partition coefficient (Wildman–Crippen LogP) is 3.91. The Hall–Kier alpha value is -3.08. The van der Waals surface area contributed by atoms with Crippen molar-refractivity contribution in [3.05, 3.63) is 64.9 Å². The van der Waals surface area contributed by atoms with Crippen molar-refractivity contribution < 1.29 is 14.3 Å². The summed E-state index contributed by atoms with van der Waals surface area (Å²) < 4.78 is 5.20. The highest BCUT2D eigenvalue weighted by Crippen LogP contribution is 2.32. The summed E-state index contributed by atoms with van der Waals surface area (Å²) in [6.45, 7) is 6.31. The van der Waals surface area contributed by atoms with Crippen molar-refractivity contribution >= 4 is 23.1 Å². The van der Waals surface area contributed by atoms with E-state index in [4.69, 9.17) is 4.74 Å². The summed E-state index contributed by atoms with van der Waals surface area (Å²) >= 11 is 0. The zero-order valence-electron chi connectivity index (χ0n) is 16.1. The van der Waals surface area contributed by atoms with Gasteiger partial charge in [-0.1, -0.05) is 31.2 Å². The van der Waals surface area contributed by atoms with Crippen molar-refractivity contribution in [3.63, 3.8) is 0 Å². The summed E-state index contributed by atoms with van der Waals surface area (Å²) in [5.74, 6) is 0.152. The van der Waals surface area contributed by atoms with Crippen molar-refractivity contribution in [1.29, 1.82) is 0 Å². The minimum absolute atomic E-state index is 0.264. The molecular weight excluding hydrogens is 340 g/mol. The largest absolute Gasteiger partial charge is 0.497 e. The van der Waals surface area contributed by atoms with Crippen molar-refractivity contribution in [2.24, 2.45) is 0 Å². The molecule has 27 heavy (non-hydrogen) atoms. The highest BCUT2D eigenvalue weighted by Gasteiger charge is 2.38. The number of hydrogen-bond acceptors (Lipinski definition) is 4. The molecule has 3 rings (SSSR count). The van der Waals surface area contributed by atoms with Crippen LogP contribution in [-0.4, -0.2) is 30.4 Å². The Morgan fingerprint density at radius 2 is 1.70 bits per heavy atom. The second-order valence-corrected chi connectivity index (χ2v) is 6.68. The van der Waals surface area contributed by atoms with Gasteiger partial charge in [-0.25, -0.2) is 0 Å². The lowest BCUT2D eigenvalue weighted by Gasteiger charge is -2.14. The first-order chi connectivity index (χ1) is 13.0. The van der Waals surface area contributed by atoms with E-state index in [0.717, 1.165) is 16.8 Å². The van der Waals surface area contributed by atoms with Crippen LogP contribution in [-0.2, 0) is 9.59 Å². The topological polar surface area (TPSA) is 58.6 Å². The van der Waals surface area contributed by atoms with Crippen LogP contribution in [0, 0.1) is 13.8 Å². The van der Waals surface area contributed by atoms with Crippen LogP contribution in [0.5, 0.6) is 5.75 Å². The van der Waals surface area contributed by atoms with E-state index in [2.05, 4.69) is 5.32 Å². The number of rotatable bonds is 6. The van der Waals surface area contributed by atoms with E-state index in [1.54, 1.807) is 31.4 Å². The van der Waals surface area contributed by atoms with E-state index in [1.807, 2.05) is 39.0 Å². The fourth-order valence-corrected chi connectivity index (χ4v) is 3.15. The van der Waals surface area contributed by atoms with Crippen molar-refractivity contribution in [2.45, 2.75) is 27.2 Å². The molecular formula is C22H24N2O3. The summed E-state index contributed by atoms with van der Waals surface area (Å²) in [4.78, 5) is 27.3. The quantitative estimate of drug-likeness (QED) is 0.790. The number of nitrogens with zero attached hydrogens (tertiary/aromatic N) is 1. The van der Waals surface area contributed by atoms with Crippen LogP contribution < -0.4 is 10.1 Å². The first-order valence-electron chi connectivity index (χ1n) is 9.05. The summed E-state index contributed by atoms with van der Waals surface area (Å²) in [6, 6.07) is 13.2. The fraction of sp³-hybridized carbons (Fsp3) is 0.273. The molecule has 0 aliphatic carbocycles. The summed E-state index contributed by atoms with van der Waals surface area (Å²) in [7, 11) is 1.59. The van der Waals surface area contributed by atoms with Gasteiger partial charge in [-0.05, 0) is 55.2 Å². The van der Waals surface area contributed by atoms with Gasteiger partial charge < -0.3 is 10.1 Å². The maximum absolute atomic E-state index is 13.0. The van der Waals surface area contributed by atoms with Gasteiger partial charge in [0.2, 0.25) is 0 Å². The van der Waals surface area contributed by atoms with Gasteiger partial charge in [-0.15, -0.1) is 0 Å². The number of methoxy groups -OCH3 is 1. The minimum atomic E-state index is -0.284. The van der Waals surface area contributed by atoms with Crippen LogP contribution in [0.15, 0.2) is 48.2 Å². The van der Waals surface area contributed by atoms with Crippen LogP contribution in [0.4, 0.5) is 5.69 Å². The molecule has 0 spiro atoms. The lowest BCUT2D eigenvalue weighted by molar-refractivity contribution is -0.136. The smallest absolute Gasteiger partial charge is 0.278 e. The van der Waals surface area contributed by atoms with E-state index in [0.29, 0.717) is 35.5 Å². The normalized spacial score (nSPS) is 14.1. The summed E-state index contributed by atoms with van der Waals surface area (Å²) in [5, 5.41) is 3.23. The number of carbonyl (C=O) groups excluding carboxylic acids is 2. The second-order valence-electron chi connectivity index (χ2n) is 6.68. The number of aryl methyl sites for hydroxylation is 2. The third-order valence-electron chi connectivity index (χ3n) is 4.65. The van der Waals surface area contributed by atoms with Crippen LogP contribution in [0.2, 0.25) is 0 Å². The van der Waals surface area contributed by atoms with Gasteiger partial charge in [0.25, 0.3) is 11.8 Å². The number of imide groups is 1. The van der Waals surface area contributed by atoms with Gasteiger partial charge in [0.1, 0.15) is 11.4 Å². The molecule has 1 aliphatic rings. The van der Waals surface area contributed by atoms with Crippen molar-refractivity contribution in [3.8, 4) is 5.75 Å². The monoisotopic (exact) mass is 364 g/mol. The molecule has 2 aromatic rings. The summed E-state index contributed by atoms with van der Waals surface area (Å²) in [5.41, 5.74) is 4.34. The average molecular weight is 364 g/mol. The number of ether oxygens (including phenoxy) is 1. The SMILES string of the molecule is CCCN1C(=O)C(Nc2cc(C)ccc2C)=C(c2ccc(OC)cc2)C1=O. The average Bonchev–Trinajstić information content (AvgIpc) is 2.89. The zero-order valence-corrected chi connectivity index (χ0v) is 16.1. The molecule has 1 aliphatic heterocycles. The Bertz CT molecular complexity index is 914. The molecule has 5 heteroatoms. The number of anilines is 1. The van der Waals surface area contributed by atoms with Gasteiger partial charge in [0.05, 0.1) is 12.7 Å². The highest BCUT2D eigenvalue weighted by atomic mass is 16.5. The van der Waals surface area contributed by atoms with Gasteiger partial charge in [-0.2, -0.15) is 0 Å². The van der Waals surface area contributed by atoms with E-state index in [-0.39, 0.29) is 11.8 Å². The molecule has 0 bridgehead atoms. The molecule has 2 aromatic carbocycles. The number of benzene rings is 2. The minimum Gasteiger partial charge on any atom is -0.497 e. The summed E-state index contributed by atoms with van der Waals surface area (Å²) in [6.07, 6.45) is 0.712. The van der Waals surface area contributed by atoms with Crippen LogP contribution in [0.1, 0.15) is 30.0 Å². The third kappa shape index (κ3) is 3.58. The first-order valence-corrected chi connectivity index (χ1v) is 9.05. The lowest BCUT2D eigenvalue weighted by atomic mass is 10.0. The molecule has 0 radical (unpaired) electrons. The van der Waals surface area contributed by atoms with Crippen LogP contribution >= 0.6 is 0 Å². The third-order valence-corrected chi connectivity index (χ3v) is 4.65. The molecule has 0 unspecified atom stereocenters. The van der Waals surface area contributed by atoms with Crippen molar-refractivity contribution in [2.75, 3.05) is 19.0 Å². The van der Waals surface area contributed by atoms with E-state index in [9.17, 15) is 9.59 Å². The molecule has 1 heterocycles. The molecule has 0 fully saturated rings. The molecule has 0 saturated heterocycles. The Balaban J connectivity index is 2.09. The second kappa shape index (κ2) is 7.66. The van der Waals surface area contributed by atoms with E-state index < -0.39 is 0 Å². The molecule has 140 valence electrons. The first kappa shape index (κ1) is 18.7. The highest BCUT2D eigenvalue weighted by molar-refractivity contribution is 6.36. The molecule has 1 N–H and O–H groups in total. The van der Waals surface area contributed by atoms with Gasteiger partial charge in [0.15, 0.2) is 0 Å².